The number of nitrogens with one attached hydrogen (secondary N) is 1. The van der Waals surface area contributed by atoms with Crippen molar-refractivity contribution in [2.45, 2.75) is 37.8 Å². The van der Waals surface area contributed by atoms with Crippen molar-refractivity contribution in [3.63, 3.8) is 0 Å². The van der Waals surface area contributed by atoms with Gasteiger partial charge in [0, 0.05) is 11.7 Å². The van der Waals surface area contributed by atoms with Crippen LogP contribution in [-0.4, -0.2) is 31.5 Å². The van der Waals surface area contributed by atoms with Crippen LogP contribution in [0.4, 0.5) is 11.4 Å². The number of sulfonamides is 1. The van der Waals surface area contributed by atoms with Gasteiger partial charge in [-0.3, -0.25) is 18.5 Å². The SMILES string of the molecule is Cc1ccc2c(c1)O[C@@H](C(=O)Nc1ccc3c(c1)sc(=O)n3C(C)C)CN2S(=O)(=O)c1ccccc1. The van der Waals surface area contributed by atoms with E-state index in [1.54, 1.807) is 59.2 Å². The summed E-state index contributed by atoms with van der Waals surface area (Å²) in [7, 11) is -3.93. The fourth-order valence-electron chi connectivity index (χ4n) is 4.27. The number of hydrogen-bond donors (Lipinski definition) is 1. The summed E-state index contributed by atoms with van der Waals surface area (Å²) >= 11 is 1.11. The van der Waals surface area contributed by atoms with Crippen LogP contribution >= 0.6 is 11.3 Å². The van der Waals surface area contributed by atoms with Gasteiger partial charge in [-0.15, -0.1) is 0 Å². The number of rotatable bonds is 5. The molecule has 0 spiro atoms. The summed E-state index contributed by atoms with van der Waals surface area (Å²) in [5, 5.41) is 2.83. The highest BCUT2D eigenvalue weighted by Crippen LogP contribution is 2.38. The highest BCUT2D eigenvalue weighted by Gasteiger charge is 2.37. The molecule has 4 aromatic rings. The van der Waals surface area contributed by atoms with Gasteiger partial charge in [0.2, 0.25) is 0 Å². The van der Waals surface area contributed by atoms with Crippen molar-refractivity contribution >= 4 is 48.9 Å². The van der Waals surface area contributed by atoms with E-state index in [0.29, 0.717) is 17.1 Å². The summed E-state index contributed by atoms with van der Waals surface area (Å²) in [6.07, 6.45) is -1.08. The van der Waals surface area contributed by atoms with E-state index in [0.717, 1.165) is 27.1 Å². The van der Waals surface area contributed by atoms with Crippen molar-refractivity contribution in [1.82, 2.24) is 4.57 Å². The molecule has 10 heteroatoms. The Morgan fingerprint density at radius 1 is 1.08 bits per heavy atom. The number of benzene rings is 3. The average molecular weight is 524 g/mol. The van der Waals surface area contributed by atoms with E-state index in [-0.39, 0.29) is 22.4 Å². The van der Waals surface area contributed by atoms with Gasteiger partial charge in [0.25, 0.3) is 15.9 Å². The molecule has 1 atom stereocenters. The lowest BCUT2D eigenvalue weighted by Crippen LogP contribution is -2.48. The standard InChI is InChI=1S/C26H25N3O5S2/c1-16(2)29-21-12-10-18(14-24(21)35-26(29)31)27-25(30)23-15-28(20-11-9-17(3)13-22(20)34-23)36(32,33)19-7-5-4-6-8-19/h4-14,16,23H,15H2,1-3H3,(H,27,30)/t23-/m1/s1. The van der Waals surface area contributed by atoms with Gasteiger partial charge in [-0.1, -0.05) is 35.6 Å². The summed E-state index contributed by atoms with van der Waals surface area (Å²) in [5.41, 5.74) is 2.56. The topological polar surface area (TPSA) is 97.7 Å². The minimum Gasteiger partial charge on any atom is -0.476 e. The van der Waals surface area contributed by atoms with Gasteiger partial charge in [0.1, 0.15) is 5.75 Å². The molecular formula is C26H25N3O5S2. The van der Waals surface area contributed by atoms with Gasteiger partial charge in [-0.25, -0.2) is 8.42 Å². The molecule has 3 aromatic carbocycles. The number of hydrogen-bond acceptors (Lipinski definition) is 6. The first-order chi connectivity index (χ1) is 17.1. The molecule has 0 radical (unpaired) electrons. The van der Waals surface area contributed by atoms with Gasteiger partial charge in [-0.05, 0) is 68.8 Å². The van der Waals surface area contributed by atoms with Crippen LogP contribution in [0.1, 0.15) is 25.5 Å². The van der Waals surface area contributed by atoms with Gasteiger partial charge >= 0.3 is 4.87 Å². The van der Waals surface area contributed by atoms with Gasteiger partial charge in [0.15, 0.2) is 6.10 Å². The molecule has 8 nitrogen and oxygen atoms in total. The number of carbonyl (C=O) groups excluding carboxylic acids is 1. The molecule has 36 heavy (non-hydrogen) atoms. The average Bonchev–Trinajstić information content (AvgIpc) is 3.18. The lowest BCUT2D eigenvalue weighted by Gasteiger charge is -2.35. The third-order valence-electron chi connectivity index (χ3n) is 6.01. The number of fused-ring (bicyclic) bond motifs is 2. The van der Waals surface area contributed by atoms with Gasteiger partial charge in [-0.2, -0.15) is 0 Å². The molecule has 1 amide bonds. The number of amides is 1. The quantitative estimate of drug-likeness (QED) is 0.414. The summed E-state index contributed by atoms with van der Waals surface area (Å²) in [6, 6.07) is 18.6. The first-order valence-electron chi connectivity index (χ1n) is 11.5. The zero-order valence-electron chi connectivity index (χ0n) is 20.0. The van der Waals surface area contributed by atoms with E-state index in [9.17, 15) is 18.0 Å². The minimum absolute atomic E-state index is 0.0170. The molecule has 0 aliphatic carbocycles. The molecular weight excluding hydrogens is 498 g/mol. The highest BCUT2D eigenvalue weighted by molar-refractivity contribution is 7.92. The Morgan fingerprint density at radius 3 is 2.56 bits per heavy atom. The van der Waals surface area contributed by atoms with Crippen molar-refractivity contribution in [3.8, 4) is 5.75 Å². The molecule has 0 unspecified atom stereocenters. The van der Waals surface area contributed by atoms with Crippen molar-refractivity contribution in [2.24, 2.45) is 0 Å². The van der Waals surface area contributed by atoms with Crippen LogP contribution in [-0.2, 0) is 14.8 Å². The van der Waals surface area contributed by atoms with Crippen molar-refractivity contribution < 1.29 is 17.9 Å². The zero-order valence-corrected chi connectivity index (χ0v) is 21.6. The number of carbonyl (C=O) groups is 1. The Bertz CT molecular complexity index is 1620. The second-order valence-electron chi connectivity index (χ2n) is 8.93. The molecule has 0 saturated carbocycles. The van der Waals surface area contributed by atoms with Crippen LogP contribution in [0.3, 0.4) is 0 Å². The molecule has 1 N–H and O–H groups in total. The normalized spacial score (nSPS) is 15.6. The third kappa shape index (κ3) is 4.27. The lowest BCUT2D eigenvalue weighted by atomic mass is 10.1. The maximum Gasteiger partial charge on any atom is 0.308 e. The van der Waals surface area contributed by atoms with E-state index in [2.05, 4.69) is 5.32 Å². The number of thiazole rings is 1. The zero-order chi connectivity index (χ0) is 25.6. The van der Waals surface area contributed by atoms with E-state index < -0.39 is 22.0 Å². The Hall–Kier alpha value is -3.63. The van der Waals surface area contributed by atoms with Crippen LogP contribution in [0, 0.1) is 6.92 Å². The first-order valence-corrected chi connectivity index (χ1v) is 13.7. The van der Waals surface area contributed by atoms with Crippen LogP contribution in [0.2, 0.25) is 0 Å². The Labute approximate surface area is 212 Å². The van der Waals surface area contributed by atoms with Crippen molar-refractivity contribution in [3.05, 3.63) is 82.0 Å². The summed E-state index contributed by atoms with van der Waals surface area (Å²) < 4.78 is 36.7. The number of aryl methyl sites for hydroxylation is 1. The largest absolute Gasteiger partial charge is 0.476 e. The maximum absolute atomic E-state index is 13.5. The first kappa shape index (κ1) is 24.1. The van der Waals surface area contributed by atoms with Gasteiger partial charge < -0.3 is 10.1 Å². The van der Waals surface area contributed by atoms with E-state index in [4.69, 9.17) is 4.74 Å². The molecule has 186 valence electrons. The summed E-state index contributed by atoms with van der Waals surface area (Å²) in [6.45, 7) is 5.57. The molecule has 0 saturated heterocycles. The summed E-state index contributed by atoms with van der Waals surface area (Å²) in [5.74, 6) is -0.158. The fraction of sp³-hybridized carbons (Fsp3) is 0.231. The number of anilines is 2. The minimum atomic E-state index is -3.93. The van der Waals surface area contributed by atoms with Crippen molar-refractivity contribution in [1.29, 1.82) is 0 Å². The molecule has 1 aliphatic heterocycles. The van der Waals surface area contributed by atoms with E-state index in [1.807, 2.05) is 20.8 Å². The molecule has 5 rings (SSSR count). The van der Waals surface area contributed by atoms with Crippen LogP contribution in [0.5, 0.6) is 5.75 Å². The fourth-order valence-corrected chi connectivity index (χ4v) is 6.82. The predicted octanol–water partition coefficient (Wildman–Crippen LogP) is 4.55. The molecule has 0 fully saturated rings. The number of nitrogens with zero attached hydrogens (tertiary/aromatic N) is 2. The summed E-state index contributed by atoms with van der Waals surface area (Å²) in [4.78, 5) is 25.7. The number of aromatic nitrogens is 1. The maximum atomic E-state index is 13.5. The molecule has 2 heterocycles. The smallest absolute Gasteiger partial charge is 0.308 e. The Kier molecular flexibility index (Phi) is 6.09. The monoisotopic (exact) mass is 523 g/mol. The van der Waals surface area contributed by atoms with Crippen LogP contribution < -0.4 is 19.2 Å². The van der Waals surface area contributed by atoms with Crippen LogP contribution in [0.15, 0.2) is 76.4 Å². The number of ether oxygens (including phenoxy) is 1. The van der Waals surface area contributed by atoms with E-state index >= 15 is 0 Å². The van der Waals surface area contributed by atoms with Crippen LogP contribution in [0.25, 0.3) is 10.2 Å². The third-order valence-corrected chi connectivity index (χ3v) is 8.72. The van der Waals surface area contributed by atoms with Crippen molar-refractivity contribution in [2.75, 3.05) is 16.2 Å². The second-order valence-corrected chi connectivity index (χ2v) is 11.8. The lowest BCUT2D eigenvalue weighted by molar-refractivity contribution is -0.122. The molecule has 1 aromatic heterocycles. The van der Waals surface area contributed by atoms with Gasteiger partial charge in [0.05, 0.1) is 27.3 Å². The molecule has 1 aliphatic rings. The Balaban J connectivity index is 1.46. The van der Waals surface area contributed by atoms with E-state index in [1.165, 1.54) is 16.4 Å². The predicted molar refractivity (Wildman–Crippen MR) is 142 cm³/mol. The molecule has 0 bridgehead atoms. The Morgan fingerprint density at radius 2 is 1.83 bits per heavy atom. The second kappa shape index (κ2) is 9.11. The highest BCUT2D eigenvalue weighted by atomic mass is 32.2.